The van der Waals surface area contributed by atoms with Gasteiger partial charge in [-0.15, -0.1) is 0 Å². The molecule has 0 bridgehead atoms. The van der Waals surface area contributed by atoms with Crippen molar-refractivity contribution in [1.82, 2.24) is 29.3 Å². The summed E-state index contributed by atoms with van der Waals surface area (Å²) in [5.74, 6) is 0.458. The Morgan fingerprint density at radius 3 is 2.65 bits per heavy atom. The molecule has 0 unspecified atom stereocenters. The van der Waals surface area contributed by atoms with Crippen molar-refractivity contribution in [2.24, 2.45) is 7.05 Å². The van der Waals surface area contributed by atoms with E-state index in [1.165, 1.54) is 7.05 Å². The van der Waals surface area contributed by atoms with Crippen molar-refractivity contribution >= 4 is 26.7 Å². The fourth-order valence-electron chi connectivity index (χ4n) is 5.59. The van der Waals surface area contributed by atoms with Crippen molar-refractivity contribution < 1.29 is 26.3 Å². The van der Waals surface area contributed by atoms with Crippen molar-refractivity contribution in [1.29, 1.82) is 0 Å². The van der Waals surface area contributed by atoms with E-state index in [4.69, 9.17) is 9.84 Å². The first-order valence-corrected chi connectivity index (χ1v) is 14.5. The lowest BCUT2D eigenvalue weighted by Gasteiger charge is -2.29. The van der Waals surface area contributed by atoms with Crippen molar-refractivity contribution in [2.45, 2.75) is 62.4 Å². The van der Waals surface area contributed by atoms with Gasteiger partial charge < -0.3 is 10.1 Å². The Morgan fingerprint density at radius 1 is 1.15 bits per heavy atom. The van der Waals surface area contributed by atoms with E-state index in [1.807, 2.05) is 23.7 Å². The summed E-state index contributed by atoms with van der Waals surface area (Å²) in [5, 5.41) is 12.8. The zero-order chi connectivity index (χ0) is 28.2. The topological polar surface area (TPSA) is 116 Å². The van der Waals surface area contributed by atoms with Gasteiger partial charge in [0.25, 0.3) is 0 Å². The predicted molar refractivity (Wildman–Crippen MR) is 141 cm³/mol. The number of fused-ring (bicyclic) bond motifs is 2. The third kappa shape index (κ3) is 4.68. The van der Waals surface area contributed by atoms with Crippen LogP contribution in [-0.2, 0) is 29.8 Å². The fourth-order valence-corrected chi connectivity index (χ4v) is 6.82. The van der Waals surface area contributed by atoms with Gasteiger partial charge in [-0.1, -0.05) is 6.07 Å². The second-order valence-electron chi connectivity index (χ2n) is 10.1. The highest BCUT2D eigenvalue weighted by Crippen LogP contribution is 2.40. The molecule has 212 valence electrons. The van der Waals surface area contributed by atoms with Crippen molar-refractivity contribution in [3.63, 3.8) is 0 Å². The van der Waals surface area contributed by atoms with Crippen molar-refractivity contribution in [2.75, 3.05) is 11.9 Å². The highest BCUT2D eigenvalue weighted by atomic mass is 32.2. The molecule has 0 spiro atoms. The first kappa shape index (κ1) is 26.6. The van der Waals surface area contributed by atoms with E-state index in [2.05, 4.69) is 20.1 Å². The molecular weight excluding hydrogens is 547 g/mol. The largest absolute Gasteiger partial charge is 0.486 e. The van der Waals surface area contributed by atoms with Crippen LogP contribution in [0.3, 0.4) is 0 Å². The predicted octanol–water partition coefficient (Wildman–Crippen LogP) is 4.64. The SMILES string of the molecule is CCNc1cc2c(cn1)c(-c1ccc3c(c1)CNS3(=O)=O)nn2[C@H]1CC[C@@H](Oc2cnn(C)c2C(F)(F)F)CC1. The number of rotatable bonds is 6. The number of hydrogen-bond acceptors (Lipinski definition) is 7. The van der Waals surface area contributed by atoms with Gasteiger partial charge in [0.2, 0.25) is 10.0 Å². The molecule has 1 aromatic carbocycles. The Hall–Kier alpha value is -3.65. The van der Waals surface area contributed by atoms with E-state index in [0.717, 1.165) is 27.3 Å². The minimum Gasteiger partial charge on any atom is -0.486 e. The van der Waals surface area contributed by atoms with E-state index < -0.39 is 21.9 Å². The van der Waals surface area contributed by atoms with E-state index in [9.17, 15) is 21.6 Å². The number of aryl methyl sites for hydroxylation is 1. The molecule has 0 saturated heterocycles. The fraction of sp³-hybridized carbons (Fsp3) is 0.423. The first-order valence-electron chi connectivity index (χ1n) is 13.1. The van der Waals surface area contributed by atoms with Gasteiger partial charge >= 0.3 is 6.18 Å². The number of alkyl halides is 3. The molecule has 40 heavy (non-hydrogen) atoms. The lowest BCUT2D eigenvalue weighted by atomic mass is 9.93. The van der Waals surface area contributed by atoms with E-state index in [-0.39, 0.29) is 29.3 Å². The summed E-state index contributed by atoms with van der Waals surface area (Å²) in [6, 6.07) is 7.14. The van der Waals surface area contributed by atoms with Gasteiger partial charge in [-0.3, -0.25) is 9.36 Å². The van der Waals surface area contributed by atoms with Crippen LogP contribution in [0.25, 0.3) is 22.2 Å². The highest BCUT2D eigenvalue weighted by Gasteiger charge is 2.39. The second kappa shape index (κ2) is 9.77. The molecule has 2 aliphatic rings. The maximum Gasteiger partial charge on any atom is 0.436 e. The number of hydrogen-bond donors (Lipinski definition) is 2. The molecular formula is C26H28F3N7O3S. The molecule has 1 fully saturated rings. The third-order valence-corrected chi connectivity index (χ3v) is 8.98. The smallest absolute Gasteiger partial charge is 0.436 e. The van der Waals surface area contributed by atoms with Crippen LogP contribution >= 0.6 is 0 Å². The van der Waals surface area contributed by atoms with Crippen LogP contribution in [0.15, 0.2) is 41.6 Å². The quantitative estimate of drug-likeness (QED) is 0.344. The van der Waals surface area contributed by atoms with E-state index in [1.54, 1.807) is 18.3 Å². The van der Waals surface area contributed by atoms with Gasteiger partial charge in [0.15, 0.2) is 11.4 Å². The Kier molecular flexibility index (Phi) is 6.49. The number of benzene rings is 1. The standard InChI is InChI=1S/C26H28F3N7O3S/c1-3-30-23-11-20-19(13-31-23)24(15-4-9-22-16(10-15)12-33-40(22,37)38)34-36(20)17-5-7-18(8-6-17)39-21-14-32-35(2)25(21)26(27,28)29/h4,9-11,13-14,17-18,33H,3,5-8,12H2,1-2H3,(H,30,31)/t17-,18+. The number of ether oxygens (including phenoxy) is 1. The number of pyridine rings is 1. The summed E-state index contributed by atoms with van der Waals surface area (Å²) in [6.07, 6.45) is 0.397. The monoisotopic (exact) mass is 575 g/mol. The summed E-state index contributed by atoms with van der Waals surface area (Å²) in [6.45, 7) is 2.90. The third-order valence-electron chi connectivity index (χ3n) is 7.48. The van der Waals surface area contributed by atoms with Crippen LogP contribution < -0.4 is 14.8 Å². The molecule has 2 N–H and O–H groups in total. The number of sulfonamides is 1. The second-order valence-corrected chi connectivity index (χ2v) is 11.8. The summed E-state index contributed by atoms with van der Waals surface area (Å²) >= 11 is 0. The van der Waals surface area contributed by atoms with Crippen LogP contribution in [0, 0.1) is 0 Å². The minimum atomic E-state index is -4.56. The molecule has 4 heterocycles. The zero-order valence-corrected chi connectivity index (χ0v) is 22.7. The molecule has 1 saturated carbocycles. The van der Waals surface area contributed by atoms with Crippen LogP contribution in [0.2, 0.25) is 0 Å². The summed E-state index contributed by atoms with van der Waals surface area (Å²) in [5.41, 5.74) is 2.15. The average molecular weight is 576 g/mol. The van der Waals surface area contributed by atoms with E-state index in [0.29, 0.717) is 49.3 Å². The summed E-state index contributed by atoms with van der Waals surface area (Å²) in [4.78, 5) is 4.80. The Labute approximate surface area is 228 Å². The molecule has 1 aliphatic carbocycles. The Morgan fingerprint density at radius 2 is 1.93 bits per heavy atom. The van der Waals surface area contributed by atoms with Gasteiger partial charge in [-0.2, -0.15) is 23.4 Å². The number of halogens is 3. The Bertz CT molecular complexity index is 1690. The molecule has 3 aromatic heterocycles. The lowest BCUT2D eigenvalue weighted by molar-refractivity contribution is -0.145. The summed E-state index contributed by atoms with van der Waals surface area (Å²) in [7, 11) is -2.23. The van der Waals surface area contributed by atoms with Crippen molar-refractivity contribution in [3.05, 3.63) is 47.9 Å². The van der Waals surface area contributed by atoms with Crippen molar-refractivity contribution in [3.8, 4) is 17.0 Å². The summed E-state index contributed by atoms with van der Waals surface area (Å²) < 4.78 is 75.9. The number of anilines is 1. The number of nitrogens with zero attached hydrogens (tertiary/aromatic N) is 5. The number of aromatic nitrogens is 5. The van der Waals surface area contributed by atoms with E-state index >= 15 is 0 Å². The minimum absolute atomic E-state index is 0.000401. The normalized spacial score (nSPS) is 20.5. The maximum atomic E-state index is 13.5. The molecule has 10 nitrogen and oxygen atoms in total. The highest BCUT2D eigenvalue weighted by molar-refractivity contribution is 7.89. The zero-order valence-electron chi connectivity index (χ0n) is 21.9. The molecule has 6 rings (SSSR count). The first-order chi connectivity index (χ1) is 19.0. The van der Waals surface area contributed by atoms with Gasteiger partial charge in [0, 0.05) is 43.4 Å². The average Bonchev–Trinajstić information content (AvgIpc) is 3.57. The van der Waals surface area contributed by atoms with Gasteiger partial charge in [0.1, 0.15) is 11.5 Å². The molecule has 0 radical (unpaired) electrons. The Balaban J connectivity index is 1.29. The number of nitrogens with one attached hydrogen (secondary N) is 2. The van der Waals surface area contributed by atoms with Crippen LogP contribution in [0.5, 0.6) is 5.75 Å². The molecule has 0 atom stereocenters. The molecule has 14 heteroatoms. The van der Waals surface area contributed by atoms with Crippen LogP contribution in [0.1, 0.15) is 49.9 Å². The molecule has 1 aliphatic heterocycles. The van der Waals surface area contributed by atoms with Crippen LogP contribution in [0.4, 0.5) is 19.0 Å². The van der Waals surface area contributed by atoms with Gasteiger partial charge in [-0.05, 0) is 50.3 Å². The van der Waals surface area contributed by atoms with Gasteiger partial charge in [0.05, 0.1) is 28.8 Å². The van der Waals surface area contributed by atoms with Crippen LogP contribution in [-0.4, -0.2) is 45.6 Å². The lowest BCUT2D eigenvalue weighted by Crippen LogP contribution is -2.27. The maximum absolute atomic E-state index is 13.5. The molecule has 0 amide bonds. The van der Waals surface area contributed by atoms with Gasteiger partial charge in [-0.25, -0.2) is 18.1 Å². The molecule has 4 aromatic rings.